The van der Waals surface area contributed by atoms with Crippen molar-refractivity contribution in [1.82, 2.24) is 10.2 Å². The Morgan fingerprint density at radius 2 is 1.81 bits per heavy atom. The van der Waals surface area contributed by atoms with E-state index in [0.717, 1.165) is 19.1 Å². The van der Waals surface area contributed by atoms with Gasteiger partial charge in [-0.2, -0.15) is 0 Å². The highest BCUT2D eigenvalue weighted by atomic mass is 15.3. The van der Waals surface area contributed by atoms with Gasteiger partial charge in [-0.3, -0.25) is 4.90 Å². The summed E-state index contributed by atoms with van der Waals surface area (Å²) in [6.45, 7) is 9.23. The van der Waals surface area contributed by atoms with Crippen LogP contribution in [0, 0.1) is 0 Å². The first kappa shape index (κ1) is 14.9. The van der Waals surface area contributed by atoms with Crippen molar-refractivity contribution < 1.29 is 0 Å². The molecule has 0 aliphatic carbocycles. The number of hydrogen-bond donors (Lipinski definition) is 1. The second kappa shape index (κ2) is 7.28. The minimum Gasteiger partial charge on any atom is -0.370 e. The molecule has 0 amide bonds. The lowest BCUT2D eigenvalue weighted by Crippen LogP contribution is -2.40. The van der Waals surface area contributed by atoms with E-state index in [1.165, 1.54) is 63.1 Å². The molecule has 21 heavy (non-hydrogen) atoms. The molecule has 2 fully saturated rings. The molecule has 0 spiro atoms. The Hall–Kier alpha value is -1.06. The molecule has 0 saturated carbocycles. The Labute approximate surface area is 129 Å². The van der Waals surface area contributed by atoms with Gasteiger partial charge in [0.25, 0.3) is 0 Å². The number of nitrogens with zero attached hydrogens (tertiary/aromatic N) is 2. The molecule has 1 aromatic rings. The SMILES string of the molecule is CCNCc1ccc(N2CCC(N3CCCCC3)C2)cc1. The molecule has 0 bridgehead atoms. The highest BCUT2D eigenvalue weighted by Gasteiger charge is 2.28. The van der Waals surface area contributed by atoms with Gasteiger partial charge in [0, 0.05) is 31.4 Å². The smallest absolute Gasteiger partial charge is 0.0366 e. The summed E-state index contributed by atoms with van der Waals surface area (Å²) in [5.74, 6) is 0. The molecule has 1 unspecified atom stereocenters. The maximum atomic E-state index is 3.38. The van der Waals surface area contributed by atoms with Gasteiger partial charge in [-0.05, 0) is 56.6 Å². The summed E-state index contributed by atoms with van der Waals surface area (Å²) in [7, 11) is 0. The number of rotatable bonds is 5. The van der Waals surface area contributed by atoms with Crippen LogP contribution in [0.15, 0.2) is 24.3 Å². The van der Waals surface area contributed by atoms with E-state index in [0.29, 0.717) is 0 Å². The number of hydrogen-bond acceptors (Lipinski definition) is 3. The van der Waals surface area contributed by atoms with Crippen LogP contribution < -0.4 is 10.2 Å². The third-order valence-electron chi connectivity index (χ3n) is 4.95. The van der Waals surface area contributed by atoms with E-state index in [-0.39, 0.29) is 0 Å². The lowest BCUT2D eigenvalue weighted by Gasteiger charge is -2.32. The van der Waals surface area contributed by atoms with Crippen LogP contribution in [0.1, 0.15) is 38.2 Å². The van der Waals surface area contributed by atoms with E-state index in [4.69, 9.17) is 0 Å². The van der Waals surface area contributed by atoms with Crippen LogP contribution in [0.2, 0.25) is 0 Å². The van der Waals surface area contributed by atoms with E-state index in [9.17, 15) is 0 Å². The van der Waals surface area contributed by atoms with Crippen LogP contribution in [0.4, 0.5) is 5.69 Å². The number of nitrogens with one attached hydrogen (secondary N) is 1. The first-order valence-corrected chi connectivity index (χ1v) is 8.65. The predicted molar refractivity (Wildman–Crippen MR) is 89.9 cm³/mol. The second-order valence-corrected chi connectivity index (χ2v) is 6.43. The van der Waals surface area contributed by atoms with Gasteiger partial charge in [0.2, 0.25) is 0 Å². The van der Waals surface area contributed by atoms with Crippen molar-refractivity contribution in [2.75, 3.05) is 37.6 Å². The second-order valence-electron chi connectivity index (χ2n) is 6.43. The molecule has 1 N–H and O–H groups in total. The normalized spacial score (nSPS) is 23.7. The van der Waals surface area contributed by atoms with Crippen molar-refractivity contribution in [3.05, 3.63) is 29.8 Å². The maximum Gasteiger partial charge on any atom is 0.0366 e. The topological polar surface area (TPSA) is 18.5 Å². The summed E-state index contributed by atoms with van der Waals surface area (Å²) >= 11 is 0. The molecular weight excluding hydrogens is 258 g/mol. The molecule has 2 aliphatic rings. The van der Waals surface area contributed by atoms with E-state index >= 15 is 0 Å². The number of piperidine rings is 1. The van der Waals surface area contributed by atoms with Crippen molar-refractivity contribution >= 4 is 5.69 Å². The van der Waals surface area contributed by atoms with Crippen LogP contribution in [-0.2, 0) is 6.54 Å². The zero-order chi connectivity index (χ0) is 14.5. The monoisotopic (exact) mass is 287 g/mol. The number of likely N-dealkylation sites (tertiary alicyclic amines) is 1. The van der Waals surface area contributed by atoms with E-state index in [2.05, 4.69) is 46.3 Å². The Morgan fingerprint density at radius 3 is 2.52 bits per heavy atom. The fourth-order valence-electron chi connectivity index (χ4n) is 3.65. The first-order chi connectivity index (χ1) is 10.4. The molecule has 2 heterocycles. The molecule has 3 heteroatoms. The Morgan fingerprint density at radius 1 is 1.05 bits per heavy atom. The lowest BCUT2D eigenvalue weighted by molar-refractivity contribution is 0.175. The fourth-order valence-corrected chi connectivity index (χ4v) is 3.65. The Balaban J connectivity index is 1.55. The van der Waals surface area contributed by atoms with Gasteiger partial charge >= 0.3 is 0 Å². The Kier molecular flexibility index (Phi) is 5.15. The highest BCUT2D eigenvalue weighted by molar-refractivity contribution is 5.48. The van der Waals surface area contributed by atoms with Crippen LogP contribution in [0.3, 0.4) is 0 Å². The summed E-state index contributed by atoms with van der Waals surface area (Å²) in [6.07, 6.45) is 5.56. The van der Waals surface area contributed by atoms with Gasteiger partial charge in [0.05, 0.1) is 0 Å². The molecule has 3 rings (SSSR count). The standard InChI is InChI=1S/C18H29N3/c1-2-19-14-16-6-8-17(9-7-16)21-13-10-18(15-21)20-11-4-3-5-12-20/h6-9,18-19H,2-5,10-15H2,1H3. The molecule has 0 radical (unpaired) electrons. The molecule has 0 aromatic heterocycles. The van der Waals surface area contributed by atoms with Gasteiger partial charge in [-0.25, -0.2) is 0 Å². The van der Waals surface area contributed by atoms with Gasteiger partial charge in [-0.15, -0.1) is 0 Å². The largest absolute Gasteiger partial charge is 0.370 e. The van der Waals surface area contributed by atoms with Crippen molar-refractivity contribution in [2.45, 2.75) is 45.2 Å². The van der Waals surface area contributed by atoms with Crippen LogP contribution in [0.5, 0.6) is 0 Å². The molecule has 3 nitrogen and oxygen atoms in total. The van der Waals surface area contributed by atoms with E-state index in [1.807, 2.05) is 0 Å². The van der Waals surface area contributed by atoms with E-state index in [1.54, 1.807) is 0 Å². The van der Waals surface area contributed by atoms with Gasteiger partial charge in [0.15, 0.2) is 0 Å². The summed E-state index contributed by atoms with van der Waals surface area (Å²) in [6, 6.07) is 9.92. The van der Waals surface area contributed by atoms with Gasteiger partial charge in [-0.1, -0.05) is 25.5 Å². The summed E-state index contributed by atoms with van der Waals surface area (Å²) in [4.78, 5) is 5.29. The highest BCUT2D eigenvalue weighted by Crippen LogP contribution is 2.25. The molecule has 116 valence electrons. The third kappa shape index (κ3) is 3.78. The first-order valence-electron chi connectivity index (χ1n) is 8.65. The summed E-state index contributed by atoms with van der Waals surface area (Å²) in [5, 5.41) is 3.38. The quantitative estimate of drug-likeness (QED) is 0.898. The van der Waals surface area contributed by atoms with Crippen LogP contribution in [0.25, 0.3) is 0 Å². The van der Waals surface area contributed by atoms with Crippen molar-refractivity contribution in [3.8, 4) is 0 Å². The third-order valence-corrected chi connectivity index (χ3v) is 4.95. The van der Waals surface area contributed by atoms with E-state index < -0.39 is 0 Å². The zero-order valence-electron chi connectivity index (χ0n) is 13.4. The zero-order valence-corrected chi connectivity index (χ0v) is 13.4. The summed E-state index contributed by atoms with van der Waals surface area (Å²) < 4.78 is 0. The average Bonchev–Trinajstić information content (AvgIpc) is 3.04. The van der Waals surface area contributed by atoms with Crippen LogP contribution >= 0.6 is 0 Å². The summed E-state index contributed by atoms with van der Waals surface area (Å²) in [5.41, 5.74) is 2.78. The van der Waals surface area contributed by atoms with Crippen molar-refractivity contribution in [3.63, 3.8) is 0 Å². The number of anilines is 1. The van der Waals surface area contributed by atoms with Gasteiger partial charge in [0.1, 0.15) is 0 Å². The van der Waals surface area contributed by atoms with Crippen molar-refractivity contribution in [2.24, 2.45) is 0 Å². The fraction of sp³-hybridized carbons (Fsp3) is 0.667. The Bertz CT molecular complexity index is 423. The minimum absolute atomic E-state index is 0.784. The molecule has 2 aliphatic heterocycles. The maximum absolute atomic E-state index is 3.38. The van der Waals surface area contributed by atoms with Gasteiger partial charge < -0.3 is 10.2 Å². The molecule has 2 saturated heterocycles. The predicted octanol–water partition coefficient (Wildman–Crippen LogP) is 2.86. The van der Waals surface area contributed by atoms with Crippen molar-refractivity contribution in [1.29, 1.82) is 0 Å². The molecule has 1 aromatic carbocycles. The molecular formula is C18H29N3. The average molecular weight is 287 g/mol. The minimum atomic E-state index is 0.784. The number of benzene rings is 1. The van der Waals surface area contributed by atoms with Crippen LogP contribution in [-0.4, -0.2) is 43.7 Å². The molecule has 1 atom stereocenters. The lowest BCUT2D eigenvalue weighted by atomic mass is 10.1.